The molecule has 1 aromatic carbocycles. The molecule has 1 atom stereocenters. The Morgan fingerprint density at radius 2 is 2.24 bits per heavy atom. The van der Waals surface area contributed by atoms with E-state index in [1.807, 2.05) is 36.4 Å². The van der Waals surface area contributed by atoms with Gasteiger partial charge in [-0.15, -0.1) is 0 Å². The molecule has 3 rings (SSSR count). The molecule has 2 amide bonds. The lowest BCUT2D eigenvalue weighted by Crippen LogP contribution is -2.33. The second-order valence-electron chi connectivity index (χ2n) is 6.32. The van der Waals surface area contributed by atoms with Crippen molar-refractivity contribution in [2.45, 2.75) is 26.1 Å². The first kappa shape index (κ1) is 17.5. The number of nitrogens with zero attached hydrogens (tertiary/aromatic N) is 1. The monoisotopic (exact) mass is 344 g/mol. The van der Waals surface area contributed by atoms with Gasteiger partial charge in [-0.3, -0.25) is 0 Å². The molecule has 0 saturated carbocycles. The highest BCUT2D eigenvalue weighted by Gasteiger charge is 2.25. The van der Waals surface area contributed by atoms with E-state index in [9.17, 15) is 4.79 Å². The first-order chi connectivity index (χ1) is 12.2. The second kappa shape index (κ2) is 8.69. The number of ether oxygens (including phenoxy) is 1. The largest absolute Gasteiger partial charge is 0.467 e. The fourth-order valence-corrected chi connectivity index (χ4v) is 3.04. The van der Waals surface area contributed by atoms with Gasteiger partial charge in [0.1, 0.15) is 12.4 Å². The van der Waals surface area contributed by atoms with Crippen molar-refractivity contribution in [2.75, 3.05) is 25.0 Å². The number of carbonyl (C=O) groups excluding carboxylic acids is 1. The van der Waals surface area contributed by atoms with E-state index in [4.69, 9.17) is 14.3 Å². The summed E-state index contributed by atoms with van der Waals surface area (Å²) in [6.07, 6.45) is 3.33. The van der Waals surface area contributed by atoms with E-state index in [-0.39, 0.29) is 12.6 Å². The van der Waals surface area contributed by atoms with Gasteiger partial charge in [-0.25, -0.2) is 4.79 Å². The van der Waals surface area contributed by atoms with Gasteiger partial charge in [0, 0.05) is 25.4 Å². The van der Waals surface area contributed by atoms with Crippen LogP contribution in [-0.2, 0) is 18.0 Å². The van der Waals surface area contributed by atoms with Crippen molar-refractivity contribution in [1.29, 1.82) is 0 Å². The highest BCUT2D eigenvalue weighted by molar-refractivity contribution is 5.89. The number of aliphatic hydroxyl groups is 1. The van der Waals surface area contributed by atoms with Crippen molar-refractivity contribution < 1.29 is 19.1 Å². The fourth-order valence-electron chi connectivity index (χ4n) is 3.04. The summed E-state index contributed by atoms with van der Waals surface area (Å²) in [5.74, 6) is 1.19. The summed E-state index contributed by atoms with van der Waals surface area (Å²) in [5, 5.41) is 12.0. The number of benzene rings is 1. The quantitative estimate of drug-likeness (QED) is 0.809. The Kier molecular flexibility index (Phi) is 6.09. The molecular formula is C19H24N2O4. The molecule has 6 nitrogen and oxygen atoms in total. The number of hydrogen-bond acceptors (Lipinski definition) is 4. The van der Waals surface area contributed by atoms with E-state index in [2.05, 4.69) is 5.32 Å². The molecule has 0 unspecified atom stereocenters. The van der Waals surface area contributed by atoms with Gasteiger partial charge in [0.05, 0.1) is 12.9 Å². The molecule has 0 bridgehead atoms. The highest BCUT2D eigenvalue weighted by atomic mass is 16.5. The van der Waals surface area contributed by atoms with Crippen LogP contribution in [0.1, 0.15) is 24.2 Å². The number of furan rings is 1. The number of amides is 2. The van der Waals surface area contributed by atoms with Gasteiger partial charge in [-0.05, 0) is 48.6 Å². The normalized spacial score (nSPS) is 17.0. The molecular weight excluding hydrogens is 320 g/mol. The van der Waals surface area contributed by atoms with Gasteiger partial charge in [-0.1, -0.05) is 12.1 Å². The molecule has 0 aliphatic carbocycles. The third-order valence-electron chi connectivity index (χ3n) is 4.38. The summed E-state index contributed by atoms with van der Waals surface area (Å²) in [7, 11) is 0. The molecule has 1 aromatic heterocycles. The van der Waals surface area contributed by atoms with Crippen molar-refractivity contribution in [3.63, 3.8) is 0 Å². The maximum atomic E-state index is 12.4. The average molecular weight is 344 g/mol. The Morgan fingerprint density at radius 1 is 1.32 bits per heavy atom. The maximum Gasteiger partial charge on any atom is 0.321 e. The fraction of sp³-hybridized carbons (Fsp3) is 0.421. The summed E-state index contributed by atoms with van der Waals surface area (Å²) in [4.78, 5) is 14.2. The number of urea groups is 1. The first-order valence-electron chi connectivity index (χ1n) is 8.60. The van der Waals surface area contributed by atoms with Crippen LogP contribution >= 0.6 is 0 Å². The zero-order chi connectivity index (χ0) is 17.5. The number of hydrogen-bond donors (Lipinski definition) is 2. The Bertz CT molecular complexity index is 672. The lowest BCUT2D eigenvalue weighted by molar-refractivity contribution is 0.0930. The molecule has 2 heterocycles. The van der Waals surface area contributed by atoms with Crippen LogP contribution in [-0.4, -0.2) is 35.7 Å². The number of carbonyl (C=O) groups is 1. The SMILES string of the molecule is O=C(Nc1cccc(COCc2ccco2)c1)N1CC[C@H](CCO)C1. The number of rotatable bonds is 7. The van der Waals surface area contributed by atoms with Gasteiger partial charge < -0.3 is 24.5 Å². The van der Waals surface area contributed by atoms with Crippen molar-refractivity contribution in [1.82, 2.24) is 4.90 Å². The van der Waals surface area contributed by atoms with Gasteiger partial charge in [0.25, 0.3) is 0 Å². The van der Waals surface area contributed by atoms with Crippen LogP contribution in [0.3, 0.4) is 0 Å². The Balaban J connectivity index is 1.48. The molecule has 2 N–H and O–H groups in total. The predicted molar refractivity (Wildman–Crippen MR) is 94.0 cm³/mol. The lowest BCUT2D eigenvalue weighted by Gasteiger charge is -2.17. The van der Waals surface area contributed by atoms with E-state index in [1.165, 1.54) is 0 Å². The van der Waals surface area contributed by atoms with Crippen molar-refractivity contribution in [3.05, 3.63) is 54.0 Å². The molecule has 1 aliphatic heterocycles. The Hall–Kier alpha value is -2.31. The van der Waals surface area contributed by atoms with E-state index >= 15 is 0 Å². The topological polar surface area (TPSA) is 74.9 Å². The zero-order valence-electron chi connectivity index (χ0n) is 14.2. The minimum Gasteiger partial charge on any atom is -0.467 e. The number of likely N-dealkylation sites (tertiary alicyclic amines) is 1. The second-order valence-corrected chi connectivity index (χ2v) is 6.32. The molecule has 134 valence electrons. The number of nitrogens with one attached hydrogen (secondary N) is 1. The van der Waals surface area contributed by atoms with Crippen molar-refractivity contribution in [3.8, 4) is 0 Å². The third-order valence-corrected chi connectivity index (χ3v) is 4.38. The maximum absolute atomic E-state index is 12.4. The molecule has 1 aliphatic rings. The van der Waals surface area contributed by atoms with Gasteiger partial charge >= 0.3 is 6.03 Å². The molecule has 1 fully saturated rings. The standard InChI is InChI=1S/C19H24N2O4/c22-9-7-15-6-8-21(12-15)19(23)20-17-4-1-3-16(11-17)13-24-14-18-5-2-10-25-18/h1-5,10-11,15,22H,6-9,12-14H2,(H,20,23)/t15-/m1/s1. The van der Waals surface area contributed by atoms with Gasteiger partial charge in [0.2, 0.25) is 0 Å². The zero-order valence-corrected chi connectivity index (χ0v) is 14.2. The summed E-state index contributed by atoms with van der Waals surface area (Å²) in [6.45, 7) is 2.50. The molecule has 0 radical (unpaired) electrons. The van der Waals surface area contributed by atoms with Crippen LogP contribution in [0, 0.1) is 5.92 Å². The molecule has 2 aromatic rings. The van der Waals surface area contributed by atoms with Crippen LogP contribution in [0.25, 0.3) is 0 Å². The summed E-state index contributed by atoms with van der Waals surface area (Å²) >= 11 is 0. The molecule has 1 saturated heterocycles. The van der Waals surface area contributed by atoms with Crippen LogP contribution in [0.15, 0.2) is 47.1 Å². The van der Waals surface area contributed by atoms with E-state index in [0.29, 0.717) is 25.7 Å². The van der Waals surface area contributed by atoms with E-state index in [1.54, 1.807) is 11.2 Å². The van der Waals surface area contributed by atoms with Crippen LogP contribution in [0.2, 0.25) is 0 Å². The predicted octanol–water partition coefficient (Wildman–Crippen LogP) is 3.23. The van der Waals surface area contributed by atoms with Crippen LogP contribution in [0.5, 0.6) is 0 Å². The third kappa shape index (κ3) is 5.08. The van der Waals surface area contributed by atoms with E-state index in [0.717, 1.165) is 36.4 Å². The molecule has 6 heteroatoms. The molecule has 25 heavy (non-hydrogen) atoms. The minimum atomic E-state index is -0.0888. The van der Waals surface area contributed by atoms with Crippen molar-refractivity contribution >= 4 is 11.7 Å². The number of aliphatic hydroxyl groups excluding tert-OH is 1. The summed E-state index contributed by atoms with van der Waals surface area (Å²) < 4.78 is 10.9. The van der Waals surface area contributed by atoms with Gasteiger partial charge in [0.15, 0.2) is 0 Å². The van der Waals surface area contributed by atoms with Crippen LogP contribution in [0.4, 0.5) is 10.5 Å². The average Bonchev–Trinajstić information content (AvgIpc) is 3.27. The van der Waals surface area contributed by atoms with Crippen LogP contribution < -0.4 is 5.32 Å². The first-order valence-corrected chi connectivity index (χ1v) is 8.60. The Labute approximate surface area is 147 Å². The molecule has 0 spiro atoms. The van der Waals surface area contributed by atoms with E-state index < -0.39 is 0 Å². The lowest BCUT2D eigenvalue weighted by atomic mass is 10.1. The highest BCUT2D eigenvalue weighted by Crippen LogP contribution is 2.20. The number of anilines is 1. The Morgan fingerprint density at radius 3 is 3.04 bits per heavy atom. The van der Waals surface area contributed by atoms with Crippen molar-refractivity contribution in [2.24, 2.45) is 5.92 Å². The van der Waals surface area contributed by atoms with Gasteiger partial charge in [-0.2, -0.15) is 0 Å². The smallest absolute Gasteiger partial charge is 0.321 e. The summed E-state index contributed by atoms with van der Waals surface area (Å²) in [6, 6.07) is 11.3. The summed E-state index contributed by atoms with van der Waals surface area (Å²) in [5.41, 5.74) is 1.75. The minimum absolute atomic E-state index is 0.0888.